The molecule has 0 saturated heterocycles. The number of nitrogens with one attached hydrogen (secondary N) is 1. The van der Waals surface area contributed by atoms with Crippen LogP contribution in [-0.2, 0) is 0 Å². The first-order valence-corrected chi connectivity index (χ1v) is 6.35. The van der Waals surface area contributed by atoms with E-state index in [0.717, 1.165) is 18.4 Å². The van der Waals surface area contributed by atoms with Crippen LogP contribution in [0, 0.1) is 11.2 Å². The van der Waals surface area contributed by atoms with Crippen molar-refractivity contribution in [2.75, 3.05) is 7.05 Å². The van der Waals surface area contributed by atoms with E-state index in [2.05, 4.69) is 26.1 Å². The van der Waals surface area contributed by atoms with Gasteiger partial charge in [0, 0.05) is 6.04 Å². The highest BCUT2D eigenvalue weighted by molar-refractivity contribution is 5.19. The lowest BCUT2D eigenvalue weighted by Gasteiger charge is -2.21. The van der Waals surface area contributed by atoms with Crippen molar-refractivity contribution < 1.29 is 4.39 Å². The molecule has 1 aromatic rings. The van der Waals surface area contributed by atoms with E-state index in [1.54, 1.807) is 12.1 Å². The third-order valence-electron chi connectivity index (χ3n) is 3.02. The average Bonchev–Trinajstić information content (AvgIpc) is 2.23. The minimum atomic E-state index is -0.154. The summed E-state index contributed by atoms with van der Waals surface area (Å²) in [5.41, 5.74) is 1.42. The van der Waals surface area contributed by atoms with Crippen LogP contribution in [0.25, 0.3) is 0 Å². The molecule has 0 aromatic heterocycles. The minimum Gasteiger partial charge on any atom is -0.313 e. The summed E-state index contributed by atoms with van der Waals surface area (Å²) in [7, 11) is 1.94. The Bertz CT molecular complexity index is 341. The van der Waals surface area contributed by atoms with Crippen molar-refractivity contribution in [3.8, 4) is 0 Å². The number of hydrogen-bond donors (Lipinski definition) is 1. The first-order chi connectivity index (χ1) is 7.92. The van der Waals surface area contributed by atoms with Gasteiger partial charge in [0.1, 0.15) is 5.82 Å². The fourth-order valence-corrected chi connectivity index (χ4v) is 2.04. The second kappa shape index (κ2) is 6.15. The summed E-state index contributed by atoms with van der Waals surface area (Å²) in [6.45, 7) is 6.76. The lowest BCUT2D eigenvalue weighted by atomic mass is 9.88. The van der Waals surface area contributed by atoms with Gasteiger partial charge < -0.3 is 5.32 Å². The summed E-state index contributed by atoms with van der Waals surface area (Å²) >= 11 is 0. The molecule has 0 spiro atoms. The highest BCUT2D eigenvalue weighted by Gasteiger charge is 2.13. The summed E-state index contributed by atoms with van der Waals surface area (Å²) in [5.74, 6) is -0.154. The lowest BCUT2D eigenvalue weighted by Crippen LogP contribution is -2.17. The van der Waals surface area contributed by atoms with Crippen LogP contribution >= 0.6 is 0 Å². The summed E-state index contributed by atoms with van der Waals surface area (Å²) < 4.78 is 13.1. The Morgan fingerprint density at radius 2 is 2.00 bits per heavy atom. The van der Waals surface area contributed by atoms with E-state index in [1.807, 2.05) is 13.1 Å². The molecule has 0 bridgehead atoms. The Morgan fingerprint density at radius 3 is 2.53 bits per heavy atom. The molecule has 17 heavy (non-hydrogen) atoms. The number of benzene rings is 1. The van der Waals surface area contributed by atoms with Crippen LogP contribution in [0.1, 0.15) is 51.6 Å². The molecule has 1 rings (SSSR count). The zero-order valence-corrected chi connectivity index (χ0v) is 11.4. The van der Waals surface area contributed by atoms with Gasteiger partial charge in [-0.25, -0.2) is 4.39 Å². The van der Waals surface area contributed by atoms with E-state index in [4.69, 9.17) is 0 Å². The monoisotopic (exact) mass is 237 g/mol. The molecule has 0 aliphatic heterocycles. The van der Waals surface area contributed by atoms with Crippen molar-refractivity contribution in [3.05, 3.63) is 35.6 Å². The van der Waals surface area contributed by atoms with Crippen molar-refractivity contribution in [2.24, 2.45) is 5.41 Å². The van der Waals surface area contributed by atoms with E-state index in [-0.39, 0.29) is 11.9 Å². The minimum absolute atomic E-state index is 0.154. The second-order valence-electron chi connectivity index (χ2n) is 5.85. The lowest BCUT2D eigenvalue weighted by molar-refractivity contribution is 0.347. The van der Waals surface area contributed by atoms with Gasteiger partial charge in [-0.05, 0) is 43.0 Å². The molecule has 2 heteroatoms. The highest BCUT2D eigenvalue weighted by atomic mass is 19.1. The van der Waals surface area contributed by atoms with Crippen molar-refractivity contribution in [1.29, 1.82) is 0 Å². The van der Waals surface area contributed by atoms with Crippen molar-refractivity contribution in [1.82, 2.24) is 5.32 Å². The van der Waals surface area contributed by atoms with Crippen molar-refractivity contribution in [2.45, 2.75) is 46.1 Å². The van der Waals surface area contributed by atoms with E-state index in [1.165, 1.54) is 12.5 Å². The van der Waals surface area contributed by atoms with E-state index >= 15 is 0 Å². The topological polar surface area (TPSA) is 12.0 Å². The maximum Gasteiger partial charge on any atom is 0.123 e. The highest BCUT2D eigenvalue weighted by Crippen LogP contribution is 2.26. The molecule has 96 valence electrons. The van der Waals surface area contributed by atoms with Crippen LogP contribution in [0.4, 0.5) is 4.39 Å². The van der Waals surface area contributed by atoms with E-state index < -0.39 is 0 Å². The fourth-order valence-electron chi connectivity index (χ4n) is 2.04. The Labute approximate surface area is 104 Å². The molecule has 1 atom stereocenters. The molecule has 0 aliphatic rings. The smallest absolute Gasteiger partial charge is 0.123 e. The predicted octanol–water partition coefficient (Wildman–Crippen LogP) is 4.30. The zero-order valence-electron chi connectivity index (χ0n) is 11.4. The molecule has 0 radical (unpaired) electrons. The molecule has 0 fully saturated rings. The SMILES string of the molecule is CNC(CCCC(C)(C)C)c1cccc(F)c1. The molecule has 0 saturated carbocycles. The van der Waals surface area contributed by atoms with Gasteiger partial charge in [0.15, 0.2) is 0 Å². The predicted molar refractivity (Wildman–Crippen MR) is 71.5 cm³/mol. The van der Waals surface area contributed by atoms with Gasteiger partial charge in [-0.3, -0.25) is 0 Å². The molecule has 1 nitrogen and oxygen atoms in total. The third kappa shape index (κ3) is 5.31. The molecule has 0 aliphatic carbocycles. The Balaban J connectivity index is 2.54. The zero-order chi connectivity index (χ0) is 12.9. The number of hydrogen-bond acceptors (Lipinski definition) is 1. The van der Waals surface area contributed by atoms with E-state index in [0.29, 0.717) is 5.41 Å². The molecule has 1 N–H and O–H groups in total. The van der Waals surface area contributed by atoms with Gasteiger partial charge in [-0.2, -0.15) is 0 Å². The summed E-state index contributed by atoms with van der Waals surface area (Å²) in [5, 5.41) is 3.27. The summed E-state index contributed by atoms with van der Waals surface area (Å²) in [6, 6.07) is 7.14. The van der Waals surface area contributed by atoms with Crippen LogP contribution in [-0.4, -0.2) is 7.05 Å². The van der Waals surface area contributed by atoms with Gasteiger partial charge in [-0.15, -0.1) is 0 Å². The molecule has 1 aromatic carbocycles. The standard InChI is InChI=1S/C15H24FN/c1-15(2,3)10-6-9-14(17-4)12-7-5-8-13(16)11-12/h5,7-8,11,14,17H,6,9-10H2,1-4H3. The largest absolute Gasteiger partial charge is 0.313 e. The van der Waals surface area contributed by atoms with E-state index in [9.17, 15) is 4.39 Å². The van der Waals surface area contributed by atoms with Crippen molar-refractivity contribution in [3.63, 3.8) is 0 Å². The Morgan fingerprint density at radius 1 is 1.29 bits per heavy atom. The quantitative estimate of drug-likeness (QED) is 0.805. The van der Waals surface area contributed by atoms with Crippen LogP contribution in [0.5, 0.6) is 0 Å². The summed E-state index contributed by atoms with van der Waals surface area (Å²) in [4.78, 5) is 0. The molecule has 0 amide bonds. The second-order valence-corrected chi connectivity index (χ2v) is 5.85. The maximum atomic E-state index is 13.1. The third-order valence-corrected chi connectivity index (χ3v) is 3.02. The van der Waals surface area contributed by atoms with Gasteiger partial charge in [0.05, 0.1) is 0 Å². The first-order valence-electron chi connectivity index (χ1n) is 6.35. The van der Waals surface area contributed by atoms with Gasteiger partial charge in [0.25, 0.3) is 0 Å². The fraction of sp³-hybridized carbons (Fsp3) is 0.600. The van der Waals surface area contributed by atoms with Gasteiger partial charge in [-0.1, -0.05) is 39.3 Å². The van der Waals surface area contributed by atoms with Crippen LogP contribution in [0.15, 0.2) is 24.3 Å². The van der Waals surface area contributed by atoms with Crippen LogP contribution < -0.4 is 5.32 Å². The van der Waals surface area contributed by atoms with Gasteiger partial charge in [0.2, 0.25) is 0 Å². The van der Waals surface area contributed by atoms with Crippen LogP contribution in [0.2, 0.25) is 0 Å². The molecule has 0 heterocycles. The van der Waals surface area contributed by atoms with Crippen LogP contribution in [0.3, 0.4) is 0 Å². The first kappa shape index (κ1) is 14.2. The molecular weight excluding hydrogens is 213 g/mol. The molecular formula is C15H24FN. The average molecular weight is 237 g/mol. The number of rotatable bonds is 5. The number of halogens is 1. The maximum absolute atomic E-state index is 13.1. The normalized spacial score (nSPS) is 13.7. The van der Waals surface area contributed by atoms with Gasteiger partial charge >= 0.3 is 0 Å². The summed E-state index contributed by atoms with van der Waals surface area (Å²) in [6.07, 6.45) is 3.41. The van der Waals surface area contributed by atoms with Crippen molar-refractivity contribution >= 4 is 0 Å². The molecule has 1 unspecified atom stereocenters. The Kier molecular flexibility index (Phi) is 5.13. The Hall–Kier alpha value is -0.890.